The number of benzene rings is 1. The van der Waals surface area contributed by atoms with Crippen molar-refractivity contribution in [2.24, 2.45) is 0 Å². The summed E-state index contributed by atoms with van der Waals surface area (Å²) in [5.41, 5.74) is 0.486. The van der Waals surface area contributed by atoms with Crippen LogP contribution >= 0.6 is 0 Å². The molecular formula is C24H30O12. The van der Waals surface area contributed by atoms with Gasteiger partial charge in [0.1, 0.15) is 24.9 Å². The van der Waals surface area contributed by atoms with Crippen molar-refractivity contribution in [2.45, 2.75) is 70.4 Å². The van der Waals surface area contributed by atoms with Gasteiger partial charge in [-0.3, -0.25) is 19.2 Å². The summed E-state index contributed by atoms with van der Waals surface area (Å²) in [7, 11) is 2.96. The number of carbonyl (C=O) groups excluding carboxylic acids is 4. The molecule has 0 spiro atoms. The summed E-state index contributed by atoms with van der Waals surface area (Å²) in [6, 6.07) is 4.98. The number of esters is 4. The quantitative estimate of drug-likeness (QED) is 0.350. The molecule has 2 fully saturated rings. The van der Waals surface area contributed by atoms with E-state index in [1.54, 1.807) is 18.2 Å². The standard InChI is InChI=1S/C24H30O12/c1-12(25)31-11-20(33-14(3)27)22-23-21(34-15(4)28)19(32-13(2)26)10-24(35-22,36-23)16-7-8-17(29-5)18(9-16)30-6/h7-9,19-23H,10-11H2,1-6H3/t19-,20+,21?,22?,23?,24+/m0/s1. The van der Waals surface area contributed by atoms with E-state index in [9.17, 15) is 19.2 Å². The molecule has 36 heavy (non-hydrogen) atoms. The maximum Gasteiger partial charge on any atom is 0.303 e. The van der Waals surface area contributed by atoms with Crippen molar-refractivity contribution in [3.63, 3.8) is 0 Å². The maximum absolute atomic E-state index is 11.9. The van der Waals surface area contributed by atoms with Crippen LogP contribution < -0.4 is 9.47 Å². The molecule has 0 aliphatic carbocycles. The molecule has 6 atom stereocenters. The summed E-state index contributed by atoms with van der Waals surface area (Å²) >= 11 is 0. The average molecular weight is 510 g/mol. The summed E-state index contributed by atoms with van der Waals surface area (Å²) in [5, 5.41) is 0. The number of rotatable bonds is 9. The Bertz CT molecular complexity index is 1010. The van der Waals surface area contributed by atoms with Gasteiger partial charge in [0.2, 0.25) is 0 Å². The smallest absolute Gasteiger partial charge is 0.303 e. The Morgan fingerprint density at radius 2 is 1.58 bits per heavy atom. The number of hydrogen-bond acceptors (Lipinski definition) is 12. The Balaban J connectivity index is 2.10. The fourth-order valence-electron chi connectivity index (χ4n) is 4.42. The Labute approximate surface area is 208 Å². The van der Waals surface area contributed by atoms with Crippen LogP contribution in [0, 0.1) is 0 Å². The zero-order chi connectivity index (χ0) is 26.6. The second-order valence-electron chi connectivity index (χ2n) is 8.36. The number of ether oxygens (including phenoxy) is 8. The van der Waals surface area contributed by atoms with Crippen LogP contribution in [0.4, 0.5) is 0 Å². The van der Waals surface area contributed by atoms with Gasteiger partial charge in [-0.25, -0.2) is 0 Å². The second kappa shape index (κ2) is 11.1. The fourth-order valence-corrected chi connectivity index (χ4v) is 4.42. The predicted molar refractivity (Wildman–Crippen MR) is 119 cm³/mol. The number of methoxy groups -OCH3 is 2. The van der Waals surface area contributed by atoms with Crippen molar-refractivity contribution in [1.29, 1.82) is 0 Å². The molecular weight excluding hydrogens is 480 g/mol. The molecule has 1 aromatic carbocycles. The summed E-state index contributed by atoms with van der Waals surface area (Å²) in [6.07, 6.45) is -5.36. The molecule has 2 saturated heterocycles. The highest BCUT2D eigenvalue weighted by molar-refractivity contribution is 5.68. The van der Waals surface area contributed by atoms with E-state index in [2.05, 4.69) is 0 Å². The average Bonchev–Trinajstić information content (AvgIpc) is 3.13. The summed E-state index contributed by atoms with van der Waals surface area (Å²) in [5.74, 6) is -3.17. The van der Waals surface area contributed by atoms with Gasteiger partial charge >= 0.3 is 23.9 Å². The lowest BCUT2D eigenvalue weighted by molar-refractivity contribution is -0.255. The van der Waals surface area contributed by atoms with Crippen LogP contribution in [0.2, 0.25) is 0 Å². The zero-order valence-corrected chi connectivity index (χ0v) is 20.9. The monoisotopic (exact) mass is 510 g/mol. The van der Waals surface area contributed by atoms with Crippen LogP contribution in [-0.4, -0.2) is 75.2 Å². The van der Waals surface area contributed by atoms with Crippen LogP contribution in [0.1, 0.15) is 39.7 Å². The molecule has 2 aliphatic heterocycles. The third-order valence-electron chi connectivity index (χ3n) is 5.71. The predicted octanol–water partition coefficient (Wildman–Crippen LogP) is 1.40. The van der Waals surface area contributed by atoms with Crippen molar-refractivity contribution in [2.75, 3.05) is 20.8 Å². The zero-order valence-electron chi connectivity index (χ0n) is 20.9. The molecule has 2 heterocycles. The van der Waals surface area contributed by atoms with Gasteiger partial charge in [-0.2, -0.15) is 0 Å². The molecule has 3 unspecified atom stereocenters. The fraction of sp³-hybridized carbons (Fsp3) is 0.583. The van der Waals surface area contributed by atoms with Gasteiger partial charge in [0.15, 0.2) is 29.5 Å². The van der Waals surface area contributed by atoms with Crippen LogP contribution in [0.3, 0.4) is 0 Å². The van der Waals surface area contributed by atoms with E-state index in [-0.39, 0.29) is 13.0 Å². The first kappa shape index (κ1) is 27.2. The molecule has 3 rings (SSSR count). The first-order valence-corrected chi connectivity index (χ1v) is 11.2. The van der Waals surface area contributed by atoms with E-state index in [4.69, 9.17) is 37.9 Å². The molecule has 12 heteroatoms. The summed E-state index contributed by atoms with van der Waals surface area (Å²) in [4.78, 5) is 47.2. The molecule has 0 N–H and O–H groups in total. The minimum absolute atomic E-state index is 0.0621. The molecule has 1 aromatic rings. The van der Waals surface area contributed by atoms with Crippen molar-refractivity contribution in [3.05, 3.63) is 23.8 Å². The van der Waals surface area contributed by atoms with Gasteiger partial charge in [-0.05, 0) is 18.2 Å². The van der Waals surface area contributed by atoms with E-state index in [1.807, 2.05) is 0 Å². The van der Waals surface area contributed by atoms with Gasteiger partial charge in [0.25, 0.3) is 0 Å². The van der Waals surface area contributed by atoms with Crippen molar-refractivity contribution >= 4 is 23.9 Å². The second-order valence-corrected chi connectivity index (χ2v) is 8.36. The van der Waals surface area contributed by atoms with Crippen LogP contribution in [-0.2, 0) is 53.4 Å². The summed E-state index contributed by atoms with van der Waals surface area (Å²) in [6.45, 7) is 4.49. The highest BCUT2D eigenvalue weighted by atomic mass is 16.8. The molecule has 2 aliphatic rings. The first-order valence-electron chi connectivity index (χ1n) is 11.2. The minimum Gasteiger partial charge on any atom is -0.493 e. The topological polar surface area (TPSA) is 142 Å². The Hall–Kier alpha value is -3.38. The van der Waals surface area contributed by atoms with Crippen LogP contribution in [0.25, 0.3) is 0 Å². The number of carbonyl (C=O) groups is 4. The maximum atomic E-state index is 11.9. The van der Waals surface area contributed by atoms with Gasteiger partial charge < -0.3 is 37.9 Å². The van der Waals surface area contributed by atoms with Gasteiger partial charge in [-0.15, -0.1) is 0 Å². The molecule has 12 nitrogen and oxygen atoms in total. The van der Waals surface area contributed by atoms with E-state index < -0.39 is 60.2 Å². The first-order chi connectivity index (χ1) is 17.0. The highest BCUT2D eigenvalue weighted by Crippen LogP contribution is 2.51. The van der Waals surface area contributed by atoms with Gasteiger partial charge in [0, 0.05) is 39.7 Å². The number of fused-ring (bicyclic) bond motifs is 2. The van der Waals surface area contributed by atoms with E-state index in [0.29, 0.717) is 17.1 Å². The lowest BCUT2D eigenvalue weighted by atomic mass is 9.90. The summed E-state index contributed by atoms with van der Waals surface area (Å²) < 4.78 is 45.0. The molecule has 0 saturated carbocycles. The normalized spacial score (nSPS) is 27.4. The van der Waals surface area contributed by atoms with E-state index in [0.717, 1.165) is 0 Å². The van der Waals surface area contributed by atoms with Crippen molar-refractivity contribution < 1.29 is 57.1 Å². The van der Waals surface area contributed by atoms with Crippen molar-refractivity contribution in [1.82, 2.24) is 0 Å². The van der Waals surface area contributed by atoms with Crippen LogP contribution in [0.5, 0.6) is 11.5 Å². The van der Waals surface area contributed by atoms with E-state index >= 15 is 0 Å². The third-order valence-corrected chi connectivity index (χ3v) is 5.71. The SMILES string of the molecule is COc1ccc([C@@]23C[C@H](OC(C)=O)C(OC(C)=O)C(O2)C([C@@H](COC(C)=O)OC(C)=O)O3)cc1OC. The highest BCUT2D eigenvalue weighted by Gasteiger charge is 2.63. The Morgan fingerprint density at radius 1 is 0.917 bits per heavy atom. The lowest BCUT2D eigenvalue weighted by Gasteiger charge is -2.40. The Kier molecular flexibility index (Phi) is 8.41. The van der Waals surface area contributed by atoms with E-state index in [1.165, 1.54) is 41.9 Å². The lowest BCUT2D eigenvalue weighted by Crippen LogP contribution is -2.54. The minimum atomic E-state index is -1.51. The van der Waals surface area contributed by atoms with Gasteiger partial charge in [0.05, 0.1) is 14.2 Å². The molecule has 2 bridgehead atoms. The largest absolute Gasteiger partial charge is 0.493 e. The molecule has 198 valence electrons. The third kappa shape index (κ3) is 5.88. The van der Waals surface area contributed by atoms with Crippen molar-refractivity contribution in [3.8, 4) is 11.5 Å². The molecule has 0 amide bonds. The van der Waals surface area contributed by atoms with Crippen LogP contribution in [0.15, 0.2) is 18.2 Å². The number of hydrogen-bond donors (Lipinski definition) is 0. The molecule has 0 radical (unpaired) electrons. The van der Waals surface area contributed by atoms with Gasteiger partial charge in [-0.1, -0.05) is 0 Å². The molecule has 0 aromatic heterocycles. The Morgan fingerprint density at radius 3 is 2.14 bits per heavy atom.